The lowest BCUT2D eigenvalue weighted by Crippen LogP contribution is -2.04. The molecule has 0 aliphatic heterocycles. The molecular formula is C21H16F3N3. The van der Waals surface area contributed by atoms with Crippen molar-refractivity contribution in [2.45, 2.75) is 20.0 Å². The third kappa shape index (κ3) is 3.77. The van der Waals surface area contributed by atoms with E-state index in [0.29, 0.717) is 11.1 Å². The van der Waals surface area contributed by atoms with Gasteiger partial charge in [-0.15, -0.1) is 0 Å². The standard InChI is InChI=1S/C21H16F3N3/c1-14-10-17(15(2)27(14)20-4-3-9-26-13-20)11-18(12-25)16-5-7-19(8-6-16)21(22,23)24/h3-11,13H,1-2H3/b18-11-. The summed E-state index contributed by atoms with van der Waals surface area (Å²) in [5.41, 5.74) is 3.62. The molecule has 27 heavy (non-hydrogen) atoms. The molecule has 0 aliphatic carbocycles. The van der Waals surface area contributed by atoms with Crippen LogP contribution in [0.1, 0.15) is 28.1 Å². The van der Waals surface area contributed by atoms with Crippen LogP contribution in [-0.4, -0.2) is 9.55 Å². The van der Waals surface area contributed by atoms with Gasteiger partial charge in [0.1, 0.15) is 0 Å². The zero-order valence-corrected chi connectivity index (χ0v) is 14.7. The number of nitriles is 1. The lowest BCUT2D eigenvalue weighted by atomic mass is 10.0. The number of pyridine rings is 1. The average Bonchev–Trinajstić information content (AvgIpc) is 2.93. The average molecular weight is 367 g/mol. The zero-order valence-electron chi connectivity index (χ0n) is 14.7. The van der Waals surface area contributed by atoms with Gasteiger partial charge in [0, 0.05) is 17.6 Å². The van der Waals surface area contributed by atoms with Gasteiger partial charge in [0.2, 0.25) is 0 Å². The number of aromatic nitrogens is 2. The summed E-state index contributed by atoms with van der Waals surface area (Å²) in [4.78, 5) is 4.12. The Balaban J connectivity index is 2.01. The third-order valence-electron chi connectivity index (χ3n) is 4.32. The Labute approximate surface area is 155 Å². The Kier molecular flexibility index (Phi) is 4.87. The molecule has 0 atom stereocenters. The van der Waals surface area contributed by atoms with Gasteiger partial charge in [0.05, 0.1) is 29.1 Å². The summed E-state index contributed by atoms with van der Waals surface area (Å²) in [6.45, 7) is 3.87. The Hall–Kier alpha value is -3.33. The molecule has 3 nitrogen and oxygen atoms in total. The number of aryl methyl sites for hydroxylation is 1. The van der Waals surface area contributed by atoms with Crippen molar-refractivity contribution in [1.82, 2.24) is 9.55 Å². The Morgan fingerprint density at radius 1 is 1.15 bits per heavy atom. The van der Waals surface area contributed by atoms with Crippen LogP contribution in [0.4, 0.5) is 13.2 Å². The van der Waals surface area contributed by atoms with Gasteiger partial charge < -0.3 is 4.57 Å². The monoisotopic (exact) mass is 367 g/mol. The SMILES string of the molecule is Cc1cc(/C=C(/C#N)c2ccc(C(F)(F)F)cc2)c(C)n1-c1cccnc1. The van der Waals surface area contributed by atoms with Crippen LogP contribution < -0.4 is 0 Å². The molecule has 0 saturated carbocycles. The van der Waals surface area contributed by atoms with Crippen LogP contribution in [0.3, 0.4) is 0 Å². The second-order valence-corrected chi connectivity index (χ2v) is 6.12. The summed E-state index contributed by atoms with van der Waals surface area (Å²) in [5, 5.41) is 9.50. The van der Waals surface area contributed by atoms with Crippen LogP contribution in [0, 0.1) is 25.2 Å². The van der Waals surface area contributed by atoms with Crippen LogP contribution >= 0.6 is 0 Å². The zero-order chi connectivity index (χ0) is 19.6. The summed E-state index contributed by atoms with van der Waals surface area (Å²) in [6.07, 6.45) is 0.729. The molecule has 0 amide bonds. The molecule has 0 bridgehead atoms. The summed E-state index contributed by atoms with van der Waals surface area (Å²) in [6, 6.07) is 12.4. The van der Waals surface area contributed by atoms with Gasteiger partial charge in [-0.25, -0.2) is 0 Å². The maximum Gasteiger partial charge on any atom is 0.416 e. The first-order valence-electron chi connectivity index (χ1n) is 8.20. The lowest BCUT2D eigenvalue weighted by molar-refractivity contribution is -0.137. The van der Waals surface area contributed by atoms with E-state index in [1.165, 1.54) is 12.1 Å². The Morgan fingerprint density at radius 3 is 2.41 bits per heavy atom. The van der Waals surface area contributed by atoms with E-state index in [1.54, 1.807) is 18.5 Å². The molecule has 136 valence electrons. The van der Waals surface area contributed by atoms with Crippen LogP contribution in [-0.2, 0) is 6.18 Å². The van der Waals surface area contributed by atoms with Crippen molar-refractivity contribution < 1.29 is 13.2 Å². The molecule has 2 aromatic heterocycles. The van der Waals surface area contributed by atoms with E-state index in [1.807, 2.05) is 36.6 Å². The second kappa shape index (κ2) is 7.12. The fourth-order valence-corrected chi connectivity index (χ4v) is 2.99. The fraction of sp³-hybridized carbons (Fsp3) is 0.143. The number of alkyl halides is 3. The molecule has 2 heterocycles. The van der Waals surface area contributed by atoms with Crippen molar-refractivity contribution in [3.05, 3.63) is 82.9 Å². The predicted molar refractivity (Wildman–Crippen MR) is 98.0 cm³/mol. The van der Waals surface area contributed by atoms with E-state index in [0.717, 1.165) is 34.8 Å². The number of allylic oxidation sites excluding steroid dienone is 1. The largest absolute Gasteiger partial charge is 0.416 e. The minimum atomic E-state index is -4.40. The van der Waals surface area contributed by atoms with Gasteiger partial charge in [-0.05, 0) is 61.4 Å². The van der Waals surface area contributed by atoms with Crippen molar-refractivity contribution in [1.29, 1.82) is 5.26 Å². The highest BCUT2D eigenvalue weighted by Gasteiger charge is 2.30. The first-order chi connectivity index (χ1) is 12.8. The van der Waals surface area contributed by atoms with Gasteiger partial charge in [-0.1, -0.05) is 12.1 Å². The maximum absolute atomic E-state index is 12.7. The van der Waals surface area contributed by atoms with Gasteiger partial charge in [-0.2, -0.15) is 18.4 Å². The molecule has 0 aliphatic rings. The highest BCUT2D eigenvalue weighted by Crippen LogP contribution is 2.31. The molecule has 3 rings (SSSR count). The second-order valence-electron chi connectivity index (χ2n) is 6.12. The summed E-state index contributed by atoms with van der Waals surface area (Å²) < 4.78 is 40.2. The quantitative estimate of drug-likeness (QED) is 0.568. The van der Waals surface area contributed by atoms with Crippen molar-refractivity contribution in [3.63, 3.8) is 0 Å². The van der Waals surface area contributed by atoms with E-state index in [2.05, 4.69) is 11.1 Å². The highest BCUT2D eigenvalue weighted by molar-refractivity contribution is 5.90. The van der Waals surface area contributed by atoms with Crippen molar-refractivity contribution in [2.24, 2.45) is 0 Å². The molecule has 3 aromatic rings. The minimum Gasteiger partial charge on any atom is -0.316 e. The highest BCUT2D eigenvalue weighted by atomic mass is 19.4. The summed E-state index contributed by atoms with van der Waals surface area (Å²) in [5.74, 6) is 0. The molecule has 0 radical (unpaired) electrons. The van der Waals surface area contributed by atoms with Gasteiger partial charge in [-0.3, -0.25) is 4.98 Å². The maximum atomic E-state index is 12.7. The van der Waals surface area contributed by atoms with Crippen molar-refractivity contribution in [2.75, 3.05) is 0 Å². The van der Waals surface area contributed by atoms with Crippen LogP contribution in [0.25, 0.3) is 17.3 Å². The number of benzene rings is 1. The topological polar surface area (TPSA) is 41.6 Å². The molecule has 0 fully saturated rings. The van der Waals surface area contributed by atoms with Gasteiger partial charge in [0.25, 0.3) is 0 Å². The fourth-order valence-electron chi connectivity index (χ4n) is 2.99. The smallest absolute Gasteiger partial charge is 0.316 e. The van der Waals surface area contributed by atoms with E-state index in [9.17, 15) is 18.4 Å². The van der Waals surface area contributed by atoms with Crippen LogP contribution in [0.5, 0.6) is 0 Å². The molecular weight excluding hydrogens is 351 g/mol. The van der Waals surface area contributed by atoms with E-state index in [4.69, 9.17) is 0 Å². The number of nitrogens with zero attached hydrogens (tertiary/aromatic N) is 3. The number of hydrogen-bond acceptors (Lipinski definition) is 2. The first kappa shape index (κ1) is 18.5. The molecule has 0 spiro atoms. The lowest BCUT2D eigenvalue weighted by Gasteiger charge is -2.09. The van der Waals surface area contributed by atoms with E-state index < -0.39 is 11.7 Å². The van der Waals surface area contributed by atoms with Gasteiger partial charge >= 0.3 is 6.18 Å². The number of rotatable bonds is 3. The molecule has 6 heteroatoms. The summed E-state index contributed by atoms with van der Waals surface area (Å²) >= 11 is 0. The van der Waals surface area contributed by atoms with Gasteiger partial charge in [0.15, 0.2) is 0 Å². The van der Waals surface area contributed by atoms with Crippen LogP contribution in [0.2, 0.25) is 0 Å². The molecule has 1 aromatic carbocycles. The third-order valence-corrected chi connectivity index (χ3v) is 4.32. The molecule has 0 unspecified atom stereocenters. The summed E-state index contributed by atoms with van der Waals surface area (Å²) in [7, 11) is 0. The van der Waals surface area contributed by atoms with Crippen molar-refractivity contribution in [3.8, 4) is 11.8 Å². The Bertz CT molecular complexity index is 1020. The minimum absolute atomic E-state index is 0.301. The van der Waals surface area contributed by atoms with Crippen LogP contribution in [0.15, 0.2) is 54.9 Å². The number of halogens is 3. The van der Waals surface area contributed by atoms with Crippen molar-refractivity contribution >= 4 is 11.6 Å². The van der Waals surface area contributed by atoms with E-state index >= 15 is 0 Å². The normalized spacial score (nSPS) is 12.1. The predicted octanol–water partition coefficient (Wildman–Crippen LogP) is 5.57. The van der Waals surface area contributed by atoms with E-state index in [-0.39, 0.29) is 0 Å². The molecule has 0 N–H and O–H groups in total. The molecule has 0 saturated heterocycles. The first-order valence-corrected chi connectivity index (χ1v) is 8.20. The Morgan fingerprint density at radius 2 is 1.85 bits per heavy atom. The number of hydrogen-bond donors (Lipinski definition) is 0.